The van der Waals surface area contributed by atoms with Crippen molar-refractivity contribution < 1.29 is 9.50 Å². The molecule has 2 aromatic rings. The number of hydrogen-bond acceptors (Lipinski definition) is 2. The summed E-state index contributed by atoms with van der Waals surface area (Å²) in [6.45, 7) is 0. The summed E-state index contributed by atoms with van der Waals surface area (Å²) in [5, 5.41) is 10.2. The lowest BCUT2D eigenvalue weighted by atomic mass is 9.97. The molecule has 2 atom stereocenters. The highest BCUT2D eigenvalue weighted by atomic mass is 79.9. The topological polar surface area (TPSA) is 46.2 Å². The molecule has 0 radical (unpaired) electrons. The third kappa shape index (κ3) is 3.62. The predicted molar refractivity (Wildman–Crippen MR) is 77.2 cm³/mol. The van der Waals surface area contributed by atoms with E-state index in [4.69, 9.17) is 5.73 Å². The van der Waals surface area contributed by atoms with E-state index in [2.05, 4.69) is 15.9 Å². The van der Waals surface area contributed by atoms with Gasteiger partial charge in [0.1, 0.15) is 5.82 Å². The van der Waals surface area contributed by atoms with E-state index in [-0.39, 0.29) is 5.82 Å². The molecule has 0 aliphatic carbocycles. The third-order valence-corrected chi connectivity index (χ3v) is 3.71. The number of aliphatic hydroxyl groups excluding tert-OH is 1. The second kappa shape index (κ2) is 6.28. The standard InChI is InChI=1S/C15H15BrFNO/c16-13-9-11(17)6-7-12(13)15(18)14(19)8-10-4-2-1-3-5-10/h1-7,9,14-15,19H,8,18H2/t14-,15+/m0/s1. The van der Waals surface area contributed by atoms with Gasteiger partial charge in [0.2, 0.25) is 0 Å². The minimum absolute atomic E-state index is 0.333. The van der Waals surface area contributed by atoms with E-state index >= 15 is 0 Å². The Morgan fingerprint density at radius 2 is 1.84 bits per heavy atom. The van der Waals surface area contributed by atoms with Crippen molar-refractivity contribution >= 4 is 15.9 Å². The van der Waals surface area contributed by atoms with Gasteiger partial charge in [-0.3, -0.25) is 0 Å². The monoisotopic (exact) mass is 323 g/mol. The molecule has 100 valence electrons. The van der Waals surface area contributed by atoms with E-state index in [1.165, 1.54) is 12.1 Å². The van der Waals surface area contributed by atoms with Gasteiger partial charge in [-0.05, 0) is 23.3 Å². The van der Waals surface area contributed by atoms with Gasteiger partial charge in [-0.15, -0.1) is 0 Å². The smallest absolute Gasteiger partial charge is 0.124 e. The van der Waals surface area contributed by atoms with Gasteiger partial charge in [-0.1, -0.05) is 52.3 Å². The SMILES string of the molecule is N[C@H](c1ccc(F)cc1Br)[C@@H](O)Cc1ccccc1. The second-order valence-corrected chi connectivity index (χ2v) is 5.30. The van der Waals surface area contributed by atoms with Crippen molar-refractivity contribution in [3.63, 3.8) is 0 Å². The van der Waals surface area contributed by atoms with Crippen LogP contribution in [0.25, 0.3) is 0 Å². The molecular weight excluding hydrogens is 309 g/mol. The Morgan fingerprint density at radius 3 is 2.47 bits per heavy atom. The van der Waals surface area contributed by atoms with Crippen LogP contribution in [0.2, 0.25) is 0 Å². The molecule has 0 aliphatic rings. The molecule has 2 nitrogen and oxygen atoms in total. The Bertz CT molecular complexity index is 547. The third-order valence-electron chi connectivity index (χ3n) is 3.02. The predicted octanol–water partition coefficient (Wildman–Crippen LogP) is 3.19. The molecule has 0 bridgehead atoms. The molecule has 0 aromatic heterocycles. The Morgan fingerprint density at radius 1 is 1.16 bits per heavy atom. The molecule has 0 fully saturated rings. The lowest BCUT2D eigenvalue weighted by Crippen LogP contribution is -2.28. The lowest BCUT2D eigenvalue weighted by Gasteiger charge is -2.20. The molecule has 2 aromatic carbocycles. The van der Waals surface area contributed by atoms with Gasteiger partial charge in [-0.25, -0.2) is 4.39 Å². The van der Waals surface area contributed by atoms with Crippen LogP contribution in [0.5, 0.6) is 0 Å². The van der Waals surface area contributed by atoms with Crippen molar-refractivity contribution in [2.75, 3.05) is 0 Å². The summed E-state index contributed by atoms with van der Waals surface area (Å²) in [6.07, 6.45) is -0.254. The van der Waals surface area contributed by atoms with Crippen LogP contribution in [0, 0.1) is 5.82 Å². The number of halogens is 2. The van der Waals surface area contributed by atoms with Gasteiger partial charge in [0.05, 0.1) is 12.1 Å². The van der Waals surface area contributed by atoms with Gasteiger partial charge in [0.25, 0.3) is 0 Å². The molecule has 0 spiro atoms. The van der Waals surface area contributed by atoms with Crippen LogP contribution in [0.15, 0.2) is 53.0 Å². The highest BCUT2D eigenvalue weighted by Gasteiger charge is 2.19. The zero-order valence-electron chi connectivity index (χ0n) is 10.3. The molecule has 3 N–H and O–H groups in total. The summed E-state index contributed by atoms with van der Waals surface area (Å²) in [5.74, 6) is -0.333. The van der Waals surface area contributed by atoms with Crippen LogP contribution in [-0.2, 0) is 6.42 Å². The number of rotatable bonds is 4. The molecule has 19 heavy (non-hydrogen) atoms. The van der Waals surface area contributed by atoms with E-state index in [0.717, 1.165) is 5.56 Å². The van der Waals surface area contributed by atoms with Crippen molar-refractivity contribution in [3.8, 4) is 0 Å². The summed E-state index contributed by atoms with van der Waals surface area (Å²) < 4.78 is 13.6. The van der Waals surface area contributed by atoms with E-state index in [9.17, 15) is 9.50 Å². The minimum atomic E-state index is -0.718. The summed E-state index contributed by atoms with van der Waals surface area (Å²) in [6, 6.07) is 13.4. The quantitative estimate of drug-likeness (QED) is 0.907. The summed E-state index contributed by atoms with van der Waals surface area (Å²) in [5.41, 5.74) is 7.75. The van der Waals surface area contributed by atoms with Gasteiger partial charge >= 0.3 is 0 Å². The first-order chi connectivity index (χ1) is 9.08. The Balaban J connectivity index is 2.12. The van der Waals surface area contributed by atoms with E-state index < -0.39 is 12.1 Å². The fourth-order valence-corrected chi connectivity index (χ4v) is 2.58. The maximum atomic E-state index is 13.0. The number of aliphatic hydroxyl groups is 1. The van der Waals surface area contributed by atoms with Gasteiger partial charge < -0.3 is 10.8 Å². The molecule has 0 saturated heterocycles. The van der Waals surface area contributed by atoms with Crippen LogP contribution < -0.4 is 5.73 Å². The van der Waals surface area contributed by atoms with Crippen molar-refractivity contribution in [3.05, 3.63) is 69.9 Å². The Kier molecular flexibility index (Phi) is 4.69. The van der Waals surface area contributed by atoms with Crippen LogP contribution >= 0.6 is 15.9 Å². The number of nitrogens with two attached hydrogens (primary N) is 1. The van der Waals surface area contributed by atoms with E-state index in [0.29, 0.717) is 16.5 Å². The maximum absolute atomic E-state index is 13.0. The summed E-state index contributed by atoms with van der Waals surface area (Å²) in [7, 11) is 0. The fraction of sp³-hybridized carbons (Fsp3) is 0.200. The highest BCUT2D eigenvalue weighted by molar-refractivity contribution is 9.10. The van der Waals surface area contributed by atoms with E-state index in [1.807, 2.05) is 30.3 Å². The minimum Gasteiger partial charge on any atom is -0.391 e. The van der Waals surface area contributed by atoms with Crippen LogP contribution in [0.3, 0.4) is 0 Å². The maximum Gasteiger partial charge on any atom is 0.124 e. The zero-order valence-corrected chi connectivity index (χ0v) is 11.8. The van der Waals surface area contributed by atoms with Crippen LogP contribution in [-0.4, -0.2) is 11.2 Å². The van der Waals surface area contributed by atoms with Crippen molar-refractivity contribution in [2.45, 2.75) is 18.6 Å². The molecule has 0 saturated carbocycles. The normalized spacial score (nSPS) is 14.1. The number of hydrogen-bond donors (Lipinski definition) is 2. The molecule has 0 heterocycles. The lowest BCUT2D eigenvalue weighted by molar-refractivity contribution is 0.145. The molecule has 0 aliphatic heterocycles. The summed E-state index contributed by atoms with van der Waals surface area (Å²) >= 11 is 3.27. The largest absolute Gasteiger partial charge is 0.391 e. The average Bonchev–Trinajstić information content (AvgIpc) is 2.39. The Hall–Kier alpha value is -1.23. The molecule has 2 rings (SSSR count). The van der Waals surface area contributed by atoms with Crippen molar-refractivity contribution in [1.29, 1.82) is 0 Å². The average molecular weight is 324 g/mol. The van der Waals surface area contributed by atoms with Crippen LogP contribution in [0.1, 0.15) is 17.2 Å². The van der Waals surface area contributed by atoms with E-state index in [1.54, 1.807) is 6.07 Å². The second-order valence-electron chi connectivity index (χ2n) is 4.45. The van der Waals surface area contributed by atoms with Gasteiger partial charge in [-0.2, -0.15) is 0 Å². The molecule has 0 unspecified atom stereocenters. The van der Waals surface area contributed by atoms with Crippen molar-refractivity contribution in [1.82, 2.24) is 0 Å². The molecular formula is C15H15BrFNO. The summed E-state index contributed by atoms with van der Waals surface area (Å²) in [4.78, 5) is 0. The zero-order chi connectivity index (χ0) is 13.8. The molecule has 4 heteroatoms. The Labute approximate surface area is 120 Å². The first kappa shape index (κ1) is 14.2. The highest BCUT2D eigenvalue weighted by Crippen LogP contribution is 2.26. The first-order valence-corrected chi connectivity index (χ1v) is 6.80. The number of benzene rings is 2. The fourth-order valence-electron chi connectivity index (χ4n) is 1.96. The van der Waals surface area contributed by atoms with Gasteiger partial charge in [0, 0.05) is 10.9 Å². The molecule has 0 amide bonds. The van der Waals surface area contributed by atoms with Gasteiger partial charge in [0.15, 0.2) is 0 Å². The first-order valence-electron chi connectivity index (χ1n) is 6.00. The van der Waals surface area contributed by atoms with Crippen molar-refractivity contribution in [2.24, 2.45) is 5.73 Å². The van der Waals surface area contributed by atoms with Crippen LogP contribution in [0.4, 0.5) is 4.39 Å².